The summed E-state index contributed by atoms with van der Waals surface area (Å²) in [5.41, 5.74) is 1.54. The van der Waals surface area contributed by atoms with Gasteiger partial charge in [0.05, 0.1) is 23.5 Å². The second-order valence-electron chi connectivity index (χ2n) is 7.03. The minimum absolute atomic E-state index is 0.0284. The maximum absolute atomic E-state index is 12.7. The molecule has 0 saturated carbocycles. The number of rotatable bonds is 9. The minimum Gasteiger partial charge on any atom is -0.465 e. The van der Waals surface area contributed by atoms with Crippen LogP contribution in [0.2, 0.25) is 0 Å². The van der Waals surface area contributed by atoms with Gasteiger partial charge in [-0.15, -0.1) is 0 Å². The number of nitrogens with one attached hydrogen (secondary N) is 2. The fraction of sp³-hybridized carbons (Fsp3) is 0.208. The van der Waals surface area contributed by atoms with E-state index in [1.54, 1.807) is 31.3 Å². The first-order chi connectivity index (χ1) is 15.9. The third-order valence-electron chi connectivity index (χ3n) is 4.81. The average Bonchev–Trinajstić information content (AvgIpc) is 3.31. The normalized spacial score (nSPS) is 11.3. The van der Waals surface area contributed by atoms with Gasteiger partial charge in [-0.3, -0.25) is 10.2 Å². The molecule has 0 bridgehead atoms. The van der Waals surface area contributed by atoms with Gasteiger partial charge >= 0.3 is 11.9 Å². The van der Waals surface area contributed by atoms with Gasteiger partial charge in [-0.2, -0.15) is 0 Å². The summed E-state index contributed by atoms with van der Waals surface area (Å²) < 4.78 is 9.92. The van der Waals surface area contributed by atoms with Crippen molar-refractivity contribution in [2.24, 2.45) is 5.92 Å². The molecule has 8 nitrogen and oxygen atoms in total. The average molecular weight is 466 g/mol. The number of amides is 1. The molecule has 0 aliphatic carbocycles. The van der Waals surface area contributed by atoms with Crippen molar-refractivity contribution in [3.8, 4) is 10.4 Å². The molecule has 0 aliphatic rings. The van der Waals surface area contributed by atoms with E-state index in [1.807, 2.05) is 36.4 Å². The fourth-order valence-electron chi connectivity index (χ4n) is 3.04. The number of nitrogens with zero attached hydrogens (tertiary/aromatic N) is 1. The Morgan fingerprint density at radius 2 is 1.88 bits per heavy atom. The molecule has 2 aromatic carbocycles. The second kappa shape index (κ2) is 11.1. The molecule has 0 spiro atoms. The first-order valence-electron chi connectivity index (χ1n) is 10.2. The summed E-state index contributed by atoms with van der Waals surface area (Å²) in [7, 11) is 1.31. The summed E-state index contributed by atoms with van der Waals surface area (Å²) in [5.74, 6) is -2.76. The monoisotopic (exact) mass is 465 g/mol. The van der Waals surface area contributed by atoms with Gasteiger partial charge in [-0.05, 0) is 29.7 Å². The highest BCUT2D eigenvalue weighted by Gasteiger charge is 2.28. The van der Waals surface area contributed by atoms with Crippen LogP contribution in [0.3, 0.4) is 0 Å². The van der Waals surface area contributed by atoms with Gasteiger partial charge in [0.15, 0.2) is 5.13 Å². The fourth-order valence-corrected chi connectivity index (χ4v) is 3.85. The van der Waals surface area contributed by atoms with Gasteiger partial charge < -0.3 is 14.8 Å². The van der Waals surface area contributed by atoms with E-state index in [4.69, 9.17) is 14.9 Å². The van der Waals surface area contributed by atoms with Gasteiger partial charge in [0.2, 0.25) is 5.91 Å². The minimum atomic E-state index is -0.969. The topological polar surface area (TPSA) is 118 Å². The largest absolute Gasteiger partial charge is 0.465 e. The summed E-state index contributed by atoms with van der Waals surface area (Å²) in [6.07, 6.45) is 1.83. The Morgan fingerprint density at radius 1 is 1.12 bits per heavy atom. The molecule has 1 atom stereocenters. The summed E-state index contributed by atoms with van der Waals surface area (Å²) in [6, 6.07) is 16.0. The Labute approximate surface area is 195 Å². The first kappa shape index (κ1) is 23.8. The molecular weight excluding hydrogens is 442 g/mol. The van der Waals surface area contributed by atoms with Gasteiger partial charge in [0.25, 0.3) is 0 Å². The lowest BCUT2D eigenvalue weighted by atomic mass is 9.99. The molecule has 0 aliphatic heterocycles. The standard InChI is InChI=1S/C24H23N3O5S/c1-3-18(20(25)23(30)32-14-15-8-5-4-6-9-15)21(28)27-24-26-13-19(33-24)16-10-7-11-17(12-16)22(29)31-2/h4-13,18,25H,3,14H2,1-2H3,(H,26,27,28)/t18-/m0/s1. The number of hydrogen-bond donors (Lipinski definition) is 2. The number of thiazole rings is 1. The maximum Gasteiger partial charge on any atom is 0.353 e. The van der Waals surface area contributed by atoms with Gasteiger partial charge in [0.1, 0.15) is 12.3 Å². The third-order valence-corrected chi connectivity index (χ3v) is 5.77. The van der Waals surface area contributed by atoms with E-state index < -0.39 is 29.5 Å². The Bertz CT molecular complexity index is 1160. The molecule has 1 amide bonds. The van der Waals surface area contributed by atoms with Crippen LogP contribution in [0.25, 0.3) is 10.4 Å². The lowest BCUT2D eigenvalue weighted by molar-refractivity contribution is -0.137. The zero-order valence-corrected chi connectivity index (χ0v) is 19.0. The molecule has 33 heavy (non-hydrogen) atoms. The van der Waals surface area contributed by atoms with E-state index >= 15 is 0 Å². The van der Waals surface area contributed by atoms with Crippen molar-refractivity contribution in [3.63, 3.8) is 0 Å². The van der Waals surface area contributed by atoms with Crippen molar-refractivity contribution >= 4 is 40.0 Å². The SMILES string of the molecule is CC[C@@H](C(=N)C(=O)OCc1ccccc1)C(=O)Nc1ncc(-c2cccc(C(=O)OC)c2)s1. The number of carbonyl (C=O) groups is 3. The number of esters is 2. The van der Waals surface area contributed by atoms with E-state index in [9.17, 15) is 14.4 Å². The Hall–Kier alpha value is -3.85. The van der Waals surface area contributed by atoms with Crippen molar-refractivity contribution in [1.29, 1.82) is 5.41 Å². The third kappa shape index (κ3) is 6.11. The van der Waals surface area contributed by atoms with Crippen molar-refractivity contribution in [3.05, 3.63) is 71.9 Å². The molecule has 1 heterocycles. The summed E-state index contributed by atoms with van der Waals surface area (Å²) in [4.78, 5) is 41.7. The number of anilines is 1. The lowest BCUT2D eigenvalue weighted by Crippen LogP contribution is -2.34. The Kier molecular flexibility index (Phi) is 8.04. The first-order valence-corrected chi connectivity index (χ1v) is 11.0. The molecule has 3 rings (SSSR count). The van der Waals surface area contributed by atoms with Crippen LogP contribution in [0.4, 0.5) is 5.13 Å². The predicted molar refractivity (Wildman–Crippen MR) is 125 cm³/mol. The van der Waals surface area contributed by atoms with E-state index in [-0.39, 0.29) is 13.0 Å². The van der Waals surface area contributed by atoms with Crippen molar-refractivity contribution in [2.45, 2.75) is 20.0 Å². The highest BCUT2D eigenvalue weighted by atomic mass is 32.1. The van der Waals surface area contributed by atoms with Crippen LogP contribution in [-0.2, 0) is 25.7 Å². The molecule has 1 aromatic heterocycles. The van der Waals surface area contributed by atoms with Crippen LogP contribution in [0.5, 0.6) is 0 Å². The quantitative estimate of drug-likeness (QED) is 0.359. The van der Waals surface area contributed by atoms with Gasteiger partial charge in [-0.1, -0.05) is 60.7 Å². The molecule has 9 heteroatoms. The molecular formula is C24H23N3O5S. The van der Waals surface area contributed by atoms with Crippen LogP contribution in [-0.4, -0.2) is 35.7 Å². The summed E-state index contributed by atoms with van der Waals surface area (Å²) in [5, 5.41) is 11.1. The predicted octanol–water partition coefficient (Wildman–Crippen LogP) is 4.32. The summed E-state index contributed by atoms with van der Waals surface area (Å²) in [6.45, 7) is 1.75. The van der Waals surface area contributed by atoms with Gasteiger partial charge in [-0.25, -0.2) is 14.6 Å². The summed E-state index contributed by atoms with van der Waals surface area (Å²) >= 11 is 1.22. The smallest absolute Gasteiger partial charge is 0.353 e. The van der Waals surface area contributed by atoms with Crippen LogP contribution in [0.15, 0.2) is 60.8 Å². The van der Waals surface area contributed by atoms with Crippen LogP contribution < -0.4 is 5.32 Å². The Morgan fingerprint density at radius 3 is 2.58 bits per heavy atom. The van der Waals surface area contributed by atoms with Crippen molar-refractivity contribution in [1.82, 2.24) is 4.98 Å². The van der Waals surface area contributed by atoms with E-state index in [0.29, 0.717) is 10.7 Å². The lowest BCUT2D eigenvalue weighted by Gasteiger charge is -2.14. The van der Waals surface area contributed by atoms with Crippen molar-refractivity contribution < 1.29 is 23.9 Å². The molecule has 170 valence electrons. The van der Waals surface area contributed by atoms with E-state index in [0.717, 1.165) is 16.0 Å². The maximum atomic E-state index is 12.7. The molecule has 3 aromatic rings. The van der Waals surface area contributed by atoms with E-state index in [2.05, 4.69) is 10.3 Å². The molecule has 0 unspecified atom stereocenters. The number of hydrogen-bond acceptors (Lipinski definition) is 8. The number of ether oxygens (including phenoxy) is 2. The number of methoxy groups -OCH3 is 1. The molecule has 0 fully saturated rings. The molecule has 2 N–H and O–H groups in total. The highest BCUT2D eigenvalue weighted by Crippen LogP contribution is 2.30. The molecule has 0 saturated heterocycles. The molecule has 0 radical (unpaired) electrons. The van der Waals surface area contributed by atoms with Crippen LogP contribution >= 0.6 is 11.3 Å². The second-order valence-corrected chi connectivity index (χ2v) is 8.06. The highest BCUT2D eigenvalue weighted by molar-refractivity contribution is 7.19. The van der Waals surface area contributed by atoms with Crippen LogP contribution in [0.1, 0.15) is 29.3 Å². The van der Waals surface area contributed by atoms with E-state index in [1.165, 1.54) is 18.4 Å². The number of carbonyl (C=O) groups excluding carboxylic acids is 3. The van der Waals surface area contributed by atoms with Crippen LogP contribution in [0, 0.1) is 11.3 Å². The zero-order chi connectivity index (χ0) is 23.8. The number of aromatic nitrogens is 1. The zero-order valence-electron chi connectivity index (χ0n) is 18.2. The Balaban J connectivity index is 1.64. The number of benzene rings is 2. The van der Waals surface area contributed by atoms with Gasteiger partial charge in [0, 0.05) is 6.20 Å². The van der Waals surface area contributed by atoms with Crippen molar-refractivity contribution in [2.75, 3.05) is 12.4 Å².